The Morgan fingerprint density at radius 2 is 1.73 bits per heavy atom. The van der Waals surface area contributed by atoms with Crippen molar-refractivity contribution in [3.63, 3.8) is 0 Å². The van der Waals surface area contributed by atoms with Crippen molar-refractivity contribution in [1.29, 1.82) is 0 Å². The van der Waals surface area contributed by atoms with Crippen LogP contribution in [0.2, 0.25) is 0 Å². The maximum atomic E-state index is 13.7. The largest absolute Gasteiger partial charge is 0.506 e. The van der Waals surface area contributed by atoms with Crippen molar-refractivity contribution in [3.8, 4) is 11.4 Å². The first kappa shape index (κ1) is 21.2. The molecule has 1 aliphatic rings. The first-order valence-corrected chi connectivity index (χ1v) is 11.1. The molecule has 0 radical (unpaired) electrons. The second-order valence-electron chi connectivity index (χ2n) is 8.12. The number of aryl methyl sites for hydroxylation is 1. The zero-order valence-electron chi connectivity index (χ0n) is 18.2. The number of thiocarbonyl (C=S) groups is 1. The third-order valence-electron chi connectivity index (χ3n) is 6.11. The Kier molecular flexibility index (Phi) is 5.34. The Balaban J connectivity index is 1.69. The first-order chi connectivity index (χ1) is 16.0. The summed E-state index contributed by atoms with van der Waals surface area (Å²) in [5.41, 5.74) is 5.39. The molecule has 0 aliphatic carbocycles. The molecule has 0 spiro atoms. The van der Waals surface area contributed by atoms with Gasteiger partial charge in [-0.1, -0.05) is 18.2 Å². The first-order valence-electron chi connectivity index (χ1n) is 10.7. The number of pyridine rings is 1. The van der Waals surface area contributed by atoms with Crippen LogP contribution in [0, 0.1) is 19.7 Å². The number of rotatable bonds is 4. The summed E-state index contributed by atoms with van der Waals surface area (Å²) >= 11 is 5.75. The average molecular weight is 459 g/mol. The second-order valence-corrected chi connectivity index (χ2v) is 8.51. The van der Waals surface area contributed by atoms with Gasteiger partial charge in [-0.3, -0.25) is 4.98 Å². The molecule has 0 amide bonds. The number of para-hydroxylation sites is 2. The van der Waals surface area contributed by atoms with Gasteiger partial charge in [0.2, 0.25) is 0 Å². The van der Waals surface area contributed by atoms with Crippen LogP contribution in [-0.4, -0.2) is 19.8 Å². The van der Waals surface area contributed by atoms with Crippen LogP contribution in [0.3, 0.4) is 0 Å². The molecule has 7 heteroatoms. The number of nitrogens with one attached hydrogen (secondary N) is 1. The van der Waals surface area contributed by atoms with E-state index in [-0.39, 0.29) is 23.7 Å². The van der Waals surface area contributed by atoms with Gasteiger partial charge < -0.3 is 19.9 Å². The molecule has 2 N–H and O–H groups in total. The standard InChI is InChI=1S/C26H23FN4OS/c1-16-15-20(17(2)30(16)22-8-3-4-9-23(22)32)25-24(21-7-5-6-14-28-21)29-26(33)31(25)19-12-10-18(27)11-13-19/h3-15,24-25,32H,1-2H3,(H,29,33)/t24-,25-/m1/s1. The number of aromatic nitrogens is 2. The van der Waals surface area contributed by atoms with E-state index in [1.165, 1.54) is 12.1 Å². The van der Waals surface area contributed by atoms with E-state index < -0.39 is 0 Å². The van der Waals surface area contributed by atoms with Gasteiger partial charge in [0.15, 0.2) is 5.11 Å². The Labute approximate surface area is 197 Å². The van der Waals surface area contributed by atoms with Crippen molar-refractivity contribution in [1.82, 2.24) is 14.9 Å². The molecular weight excluding hydrogens is 435 g/mol. The number of anilines is 1. The molecular formula is C26H23FN4OS. The fraction of sp³-hybridized carbons (Fsp3) is 0.154. The van der Waals surface area contributed by atoms with Gasteiger partial charge in [0.1, 0.15) is 11.6 Å². The fourth-order valence-corrected chi connectivity index (χ4v) is 5.01. The Morgan fingerprint density at radius 1 is 1.00 bits per heavy atom. The van der Waals surface area contributed by atoms with E-state index in [1.807, 2.05) is 53.6 Å². The van der Waals surface area contributed by atoms with Crippen molar-refractivity contribution >= 4 is 23.0 Å². The van der Waals surface area contributed by atoms with Crippen molar-refractivity contribution in [2.45, 2.75) is 25.9 Å². The highest BCUT2D eigenvalue weighted by molar-refractivity contribution is 7.80. The molecule has 2 atom stereocenters. The predicted molar refractivity (Wildman–Crippen MR) is 131 cm³/mol. The number of aromatic hydroxyl groups is 1. The van der Waals surface area contributed by atoms with Crippen LogP contribution in [-0.2, 0) is 0 Å². The predicted octanol–water partition coefficient (Wildman–Crippen LogP) is 5.51. The van der Waals surface area contributed by atoms with E-state index in [0.717, 1.165) is 34.0 Å². The van der Waals surface area contributed by atoms with Crippen LogP contribution in [0.4, 0.5) is 10.1 Å². The number of hydrogen-bond acceptors (Lipinski definition) is 3. The van der Waals surface area contributed by atoms with Crippen LogP contribution in [0.1, 0.15) is 34.7 Å². The molecule has 3 heterocycles. The number of nitrogens with zero attached hydrogens (tertiary/aromatic N) is 3. The van der Waals surface area contributed by atoms with E-state index in [4.69, 9.17) is 12.2 Å². The lowest BCUT2D eigenvalue weighted by atomic mass is 9.96. The SMILES string of the molecule is Cc1cc([C@@H]2[C@@H](c3ccccn3)NC(=S)N2c2ccc(F)cc2)c(C)n1-c1ccccc1O. The Bertz CT molecular complexity index is 1320. The van der Waals surface area contributed by atoms with E-state index >= 15 is 0 Å². The summed E-state index contributed by atoms with van der Waals surface area (Å²) in [4.78, 5) is 6.61. The molecule has 0 unspecified atom stereocenters. The summed E-state index contributed by atoms with van der Waals surface area (Å²) in [5.74, 6) is -0.0880. The maximum Gasteiger partial charge on any atom is 0.174 e. The minimum atomic E-state index is -0.299. The van der Waals surface area contributed by atoms with Crippen LogP contribution >= 0.6 is 12.2 Å². The third kappa shape index (κ3) is 3.64. The molecule has 1 fully saturated rings. The monoisotopic (exact) mass is 458 g/mol. The molecule has 166 valence electrons. The number of benzene rings is 2. The van der Waals surface area contributed by atoms with Gasteiger partial charge in [0, 0.05) is 23.3 Å². The zero-order chi connectivity index (χ0) is 23.1. The minimum absolute atomic E-state index is 0.206. The fourth-order valence-electron chi connectivity index (χ4n) is 4.66. The van der Waals surface area contributed by atoms with Crippen molar-refractivity contribution in [2.75, 3.05) is 4.90 Å². The van der Waals surface area contributed by atoms with Gasteiger partial charge in [-0.25, -0.2) is 4.39 Å². The van der Waals surface area contributed by atoms with Crippen molar-refractivity contribution in [3.05, 3.63) is 107 Å². The van der Waals surface area contributed by atoms with Gasteiger partial charge in [0.25, 0.3) is 0 Å². The molecule has 1 saturated heterocycles. The second kappa shape index (κ2) is 8.33. The van der Waals surface area contributed by atoms with Crippen molar-refractivity contribution in [2.24, 2.45) is 0 Å². The van der Waals surface area contributed by atoms with E-state index in [2.05, 4.69) is 16.4 Å². The number of phenols is 1. The van der Waals surface area contributed by atoms with Crippen LogP contribution in [0.5, 0.6) is 5.75 Å². The summed E-state index contributed by atoms with van der Waals surface area (Å²) in [7, 11) is 0. The van der Waals surface area contributed by atoms with Crippen molar-refractivity contribution < 1.29 is 9.50 Å². The Morgan fingerprint density at radius 3 is 2.42 bits per heavy atom. The molecule has 1 aliphatic heterocycles. The summed E-state index contributed by atoms with van der Waals surface area (Å²) in [6.07, 6.45) is 1.77. The molecule has 5 rings (SSSR count). The lowest BCUT2D eigenvalue weighted by Crippen LogP contribution is -2.29. The lowest BCUT2D eigenvalue weighted by molar-refractivity contribution is 0.471. The van der Waals surface area contributed by atoms with Crippen LogP contribution in [0.15, 0.2) is 79.0 Å². The highest BCUT2D eigenvalue weighted by atomic mass is 32.1. The number of halogens is 1. The third-order valence-corrected chi connectivity index (χ3v) is 6.43. The number of phenolic OH excluding ortho intramolecular Hbond substituents is 1. The average Bonchev–Trinajstić information content (AvgIpc) is 3.31. The van der Waals surface area contributed by atoms with Gasteiger partial charge in [-0.05, 0) is 86.2 Å². The highest BCUT2D eigenvalue weighted by Crippen LogP contribution is 2.44. The molecule has 0 bridgehead atoms. The highest BCUT2D eigenvalue weighted by Gasteiger charge is 2.42. The van der Waals surface area contributed by atoms with E-state index in [9.17, 15) is 9.50 Å². The van der Waals surface area contributed by atoms with Crippen LogP contribution < -0.4 is 10.2 Å². The molecule has 0 saturated carbocycles. The summed E-state index contributed by atoms with van der Waals surface area (Å²) < 4.78 is 15.7. The normalized spacial score (nSPS) is 17.9. The summed E-state index contributed by atoms with van der Waals surface area (Å²) in [6, 6.07) is 21.1. The zero-order valence-corrected chi connectivity index (χ0v) is 19.1. The Hall–Kier alpha value is -3.71. The maximum absolute atomic E-state index is 13.7. The number of hydrogen-bond donors (Lipinski definition) is 2. The minimum Gasteiger partial charge on any atom is -0.506 e. The topological polar surface area (TPSA) is 53.3 Å². The molecule has 4 aromatic rings. The molecule has 33 heavy (non-hydrogen) atoms. The molecule has 2 aromatic heterocycles. The van der Waals surface area contributed by atoms with E-state index in [0.29, 0.717) is 5.11 Å². The smallest absolute Gasteiger partial charge is 0.174 e. The van der Waals surface area contributed by atoms with Gasteiger partial charge in [0.05, 0.1) is 23.5 Å². The molecule has 2 aromatic carbocycles. The summed E-state index contributed by atoms with van der Waals surface area (Å²) in [6.45, 7) is 4.05. The lowest BCUT2D eigenvalue weighted by Gasteiger charge is -2.28. The molecule has 5 nitrogen and oxygen atoms in total. The van der Waals surface area contributed by atoms with Gasteiger partial charge in [-0.2, -0.15) is 0 Å². The van der Waals surface area contributed by atoms with Gasteiger partial charge >= 0.3 is 0 Å². The quantitative estimate of drug-likeness (QED) is 0.395. The van der Waals surface area contributed by atoms with E-state index in [1.54, 1.807) is 30.5 Å². The summed E-state index contributed by atoms with van der Waals surface area (Å²) in [5, 5.41) is 14.5. The van der Waals surface area contributed by atoms with Gasteiger partial charge in [-0.15, -0.1) is 0 Å². The van der Waals surface area contributed by atoms with Crippen LogP contribution in [0.25, 0.3) is 5.69 Å².